The van der Waals surface area contributed by atoms with Gasteiger partial charge in [0.15, 0.2) is 0 Å². The standard InChI is InChI=1S/C34H34N2O4/c1-24(2)31(34(39)40)35-32(37)29-20-12-15-26(21-29)23-36(22-25-13-6-3-7-14-25)33(38)30(27-16-8-4-9-17-27)28-18-10-5-11-19-28/h3-21,24,30-31H,22-23H2,1-2H3,(H,35,37)(H,39,40)/t31-/m0/s1. The third-order valence-corrected chi connectivity index (χ3v) is 6.82. The van der Waals surface area contributed by atoms with E-state index in [1.54, 1.807) is 32.0 Å². The summed E-state index contributed by atoms with van der Waals surface area (Å²) < 4.78 is 0. The van der Waals surface area contributed by atoms with Gasteiger partial charge < -0.3 is 15.3 Å². The summed E-state index contributed by atoms with van der Waals surface area (Å²) in [4.78, 5) is 40.7. The fourth-order valence-corrected chi connectivity index (χ4v) is 4.74. The molecule has 0 aliphatic heterocycles. The Kier molecular flexibility index (Phi) is 9.47. The average Bonchev–Trinajstić information content (AvgIpc) is 2.97. The van der Waals surface area contributed by atoms with Gasteiger partial charge in [-0.1, -0.05) is 117 Å². The maximum atomic E-state index is 14.3. The Labute approximate surface area is 235 Å². The van der Waals surface area contributed by atoms with Crippen molar-refractivity contribution in [2.24, 2.45) is 5.92 Å². The molecule has 0 aromatic heterocycles. The van der Waals surface area contributed by atoms with Crippen LogP contribution in [-0.2, 0) is 22.7 Å². The molecule has 0 bridgehead atoms. The minimum Gasteiger partial charge on any atom is -0.480 e. The van der Waals surface area contributed by atoms with Gasteiger partial charge >= 0.3 is 5.97 Å². The van der Waals surface area contributed by atoms with E-state index in [9.17, 15) is 19.5 Å². The summed E-state index contributed by atoms with van der Waals surface area (Å²) in [5, 5.41) is 12.1. The molecule has 204 valence electrons. The normalized spacial score (nSPS) is 11.7. The predicted octanol–water partition coefficient (Wildman–Crippen LogP) is 5.89. The third kappa shape index (κ3) is 7.23. The van der Waals surface area contributed by atoms with Crippen molar-refractivity contribution < 1.29 is 19.5 Å². The molecular formula is C34H34N2O4. The lowest BCUT2D eigenvalue weighted by atomic mass is 9.89. The first-order chi connectivity index (χ1) is 19.3. The lowest BCUT2D eigenvalue weighted by Gasteiger charge is -2.28. The number of benzene rings is 4. The predicted molar refractivity (Wildman–Crippen MR) is 156 cm³/mol. The zero-order valence-corrected chi connectivity index (χ0v) is 22.7. The molecule has 1 atom stereocenters. The highest BCUT2D eigenvalue weighted by molar-refractivity contribution is 5.96. The van der Waals surface area contributed by atoms with Gasteiger partial charge in [0, 0.05) is 18.7 Å². The van der Waals surface area contributed by atoms with Crippen molar-refractivity contribution in [1.82, 2.24) is 10.2 Å². The summed E-state index contributed by atoms with van der Waals surface area (Å²) in [6.45, 7) is 4.16. The second-order valence-corrected chi connectivity index (χ2v) is 10.2. The van der Waals surface area contributed by atoms with Crippen LogP contribution >= 0.6 is 0 Å². The number of aliphatic carboxylic acids is 1. The molecule has 0 fully saturated rings. The molecule has 4 rings (SSSR count). The molecule has 2 N–H and O–H groups in total. The monoisotopic (exact) mass is 534 g/mol. The Hall–Kier alpha value is -4.71. The number of hydrogen-bond acceptors (Lipinski definition) is 3. The number of rotatable bonds is 11. The maximum Gasteiger partial charge on any atom is 0.326 e. The molecule has 0 spiro atoms. The van der Waals surface area contributed by atoms with Gasteiger partial charge in [-0.25, -0.2) is 4.79 Å². The van der Waals surface area contributed by atoms with E-state index in [2.05, 4.69) is 5.32 Å². The molecule has 0 aliphatic carbocycles. The van der Waals surface area contributed by atoms with Gasteiger partial charge in [-0.15, -0.1) is 0 Å². The van der Waals surface area contributed by atoms with Gasteiger partial charge in [-0.3, -0.25) is 9.59 Å². The first kappa shape index (κ1) is 28.3. The Morgan fingerprint density at radius 3 is 1.73 bits per heavy atom. The largest absolute Gasteiger partial charge is 0.480 e. The Morgan fingerprint density at radius 2 is 1.20 bits per heavy atom. The van der Waals surface area contributed by atoms with Crippen molar-refractivity contribution in [1.29, 1.82) is 0 Å². The Bertz CT molecular complexity index is 1380. The highest BCUT2D eigenvalue weighted by atomic mass is 16.4. The third-order valence-electron chi connectivity index (χ3n) is 6.82. The highest BCUT2D eigenvalue weighted by Crippen LogP contribution is 2.28. The fraction of sp³-hybridized carbons (Fsp3) is 0.206. The van der Waals surface area contributed by atoms with Crippen molar-refractivity contribution in [2.45, 2.75) is 38.9 Å². The molecule has 4 aromatic carbocycles. The van der Waals surface area contributed by atoms with Gasteiger partial charge in [-0.2, -0.15) is 0 Å². The maximum absolute atomic E-state index is 14.3. The second-order valence-electron chi connectivity index (χ2n) is 10.2. The van der Waals surface area contributed by atoms with Crippen LogP contribution < -0.4 is 5.32 Å². The van der Waals surface area contributed by atoms with Crippen molar-refractivity contribution >= 4 is 17.8 Å². The molecule has 6 nitrogen and oxygen atoms in total. The summed E-state index contributed by atoms with van der Waals surface area (Å²) in [5.74, 6) is -2.36. The average molecular weight is 535 g/mol. The molecule has 2 amide bonds. The van der Waals surface area contributed by atoms with E-state index in [1.807, 2.05) is 102 Å². The van der Waals surface area contributed by atoms with E-state index >= 15 is 0 Å². The number of nitrogens with zero attached hydrogens (tertiary/aromatic N) is 1. The lowest BCUT2D eigenvalue weighted by Crippen LogP contribution is -2.44. The van der Waals surface area contributed by atoms with Crippen LogP contribution in [0.25, 0.3) is 0 Å². The van der Waals surface area contributed by atoms with Gasteiger partial charge in [-0.05, 0) is 40.3 Å². The number of carboxylic acids is 1. The van der Waals surface area contributed by atoms with E-state index in [1.165, 1.54) is 0 Å². The van der Waals surface area contributed by atoms with E-state index in [0.29, 0.717) is 12.1 Å². The van der Waals surface area contributed by atoms with Gasteiger partial charge in [0.1, 0.15) is 6.04 Å². The van der Waals surface area contributed by atoms with E-state index in [-0.39, 0.29) is 18.4 Å². The first-order valence-electron chi connectivity index (χ1n) is 13.4. The molecule has 0 heterocycles. The molecule has 0 unspecified atom stereocenters. The molecule has 0 radical (unpaired) electrons. The summed E-state index contributed by atoms with van der Waals surface area (Å²) in [6.07, 6.45) is 0. The lowest BCUT2D eigenvalue weighted by molar-refractivity contribution is -0.140. The minimum absolute atomic E-state index is 0.0538. The first-order valence-corrected chi connectivity index (χ1v) is 13.4. The van der Waals surface area contributed by atoms with E-state index in [4.69, 9.17) is 0 Å². The van der Waals surface area contributed by atoms with Crippen molar-refractivity contribution in [2.75, 3.05) is 0 Å². The van der Waals surface area contributed by atoms with Crippen molar-refractivity contribution in [3.63, 3.8) is 0 Å². The molecule has 0 saturated heterocycles. The zero-order valence-electron chi connectivity index (χ0n) is 22.7. The Morgan fingerprint density at radius 1 is 0.700 bits per heavy atom. The summed E-state index contributed by atoms with van der Waals surface area (Å²) in [6, 6.07) is 35.3. The van der Waals surface area contributed by atoms with E-state index < -0.39 is 23.8 Å². The van der Waals surface area contributed by atoms with Crippen LogP contribution in [0.3, 0.4) is 0 Å². The molecular weight excluding hydrogens is 500 g/mol. The van der Waals surface area contributed by atoms with Crippen LogP contribution in [0.5, 0.6) is 0 Å². The summed E-state index contributed by atoms with van der Waals surface area (Å²) in [5.41, 5.74) is 3.91. The minimum atomic E-state index is -1.08. The number of carbonyl (C=O) groups excluding carboxylic acids is 2. The number of amides is 2. The number of hydrogen-bond donors (Lipinski definition) is 2. The highest BCUT2D eigenvalue weighted by Gasteiger charge is 2.28. The Balaban J connectivity index is 1.66. The summed E-state index contributed by atoms with van der Waals surface area (Å²) >= 11 is 0. The zero-order chi connectivity index (χ0) is 28.5. The molecule has 0 saturated carbocycles. The van der Waals surface area contributed by atoms with Crippen LogP contribution in [-0.4, -0.2) is 33.8 Å². The molecule has 4 aromatic rings. The van der Waals surface area contributed by atoms with Crippen molar-refractivity contribution in [3.05, 3.63) is 143 Å². The summed E-state index contributed by atoms with van der Waals surface area (Å²) in [7, 11) is 0. The van der Waals surface area contributed by atoms with E-state index in [0.717, 1.165) is 22.3 Å². The fourth-order valence-electron chi connectivity index (χ4n) is 4.74. The number of carboxylic acid groups (broad SMARTS) is 1. The topological polar surface area (TPSA) is 86.7 Å². The number of carbonyl (C=O) groups is 3. The molecule has 6 heteroatoms. The quantitative estimate of drug-likeness (QED) is 0.251. The molecule has 0 aliphatic rings. The smallest absolute Gasteiger partial charge is 0.326 e. The van der Waals surface area contributed by atoms with Gasteiger partial charge in [0.05, 0.1) is 5.92 Å². The SMILES string of the molecule is CC(C)[C@H](NC(=O)c1cccc(CN(Cc2ccccc2)C(=O)C(c2ccccc2)c2ccccc2)c1)C(=O)O. The van der Waals surface area contributed by atoms with Crippen LogP contribution in [0.2, 0.25) is 0 Å². The van der Waals surface area contributed by atoms with Crippen molar-refractivity contribution in [3.8, 4) is 0 Å². The second kappa shape index (κ2) is 13.4. The van der Waals surface area contributed by atoms with Crippen LogP contribution in [0, 0.1) is 5.92 Å². The van der Waals surface area contributed by atoms with Gasteiger partial charge in [0.2, 0.25) is 5.91 Å². The number of nitrogens with one attached hydrogen (secondary N) is 1. The van der Waals surface area contributed by atoms with Gasteiger partial charge in [0.25, 0.3) is 5.91 Å². The van der Waals surface area contributed by atoms with Crippen LogP contribution in [0.4, 0.5) is 0 Å². The van der Waals surface area contributed by atoms with Crippen LogP contribution in [0.1, 0.15) is 52.4 Å². The van der Waals surface area contributed by atoms with Crippen LogP contribution in [0.15, 0.2) is 115 Å². The molecule has 40 heavy (non-hydrogen) atoms.